The van der Waals surface area contributed by atoms with Crippen LogP contribution in [0.15, 0.2) is 54.6 Å². The normalized spacial score (nSPS) is 14.9. The maximum absolute atomic E-state index is 13.0. The van der Waals surface area contributed by atoms with Gasteiger partial charge in [0.15, 0.2) is 0 Å². The van der Waals surface area contributed by atoms with Crippen LogP contribution < -0.4 is 0 Å². The van der Waals surface area contributed by atoms with Crippen LogP contribution in [-0.2, 0) is 0 Å². The predicted octanol–water partition coefficient (Wildman–Crippen LogP) is 4.29. The number of nitriles is 1. The number of hydrogen-bond donors (Lipinski definition) is 0. The van der Waals surface area contributed by atoms with Crippen LogP contribution in [0, 0.1) is 17.1 Å². The summed E-state index contributed by atoms with van der Waals surface area (Å²) < 4.78 is 13.0. The predicted molar refractivity (Wildman–Crippen MR) is 74.3 cm³/mol. The minimum Gasteiger partial charge on any atom is -0.207 e. The molecule has 0 amide bonds. The summed E-state index contributed by atoms with van der Waals surface area (Å²) in [6, 6.07) is 16.3. The molecular formula is C17H10FN. The van der Waals surface area contributed by atoms with E-state index in [1.165, 1.54) is 12.1 Å². The van der Waals surface area contributed by atoms with Crippen LogP contribution in [0.2, 0.25) is 0 Å². The van der Waals surface area contributed by atoms with Gasteiger partial charge in [-0.05, 0) is 40.5 Å². The van der Waals surface area contributed by atoms with Crippen molar-refractivity contribution >= 4 is 17.2 Å². The second-order valence-electron chi connectivity index (χ2n) is 4.34. The molecule has 19 heavy (non-hydrogen) atoms. The number of halogens is 1. The smallest absolute Gasteiger partial charge is 0.123 e. The Labute approximate surface area is 110 Å². The molecule has 2 heteroatoms. The first kappa shape index (κ1) is 11.4. The largest absolute Gasteiger partial charge is 0.207 e. The summed E-state index contributed by atoms with van der Waals surface area (Å²) in [5.74, 6) is -0.259. The van der Waals surface area contributed by atoms with Crippen molar-refractivity contribution in [2.45, 2.75) is 0 Å². The summed E-state index contributed by atoms with van der Waals surface area (Å²) in [6.07, 6.45) is 3.58. The molecule has 1 aliphatic rings. The molecule has 2 aromatic carbocycles. The third kappa shape index (κ3) is 1.96. The molecule has 0 heterocycles. The van der Waals surface area contributed by atoms with E-state index in [0.29, 0.717) is 0 Å². The molecule has 0 saturated heterocycles. The Morgan fingerprint density at radius 2 is 1.74 bits per heavy atom. The van der Waals surface area contributed by atoms with Gasteiger partial charge >= 0.3 is 0 Å². The Morgan fingerprint density at radius 1 is 1.00 bits per heavy atom. The molecule has 0 fully saturated rings. The van der Waals surface area contributed by atoms with Crippen molar-refractivity contribution in [2.75, 3.05) is 0 Å². The zero-order chi connectivity index (χ0) is 13.2. The van der Waals surface area contributed by atoms with E-state index >= 15 is 0 Å². The molecule has 1 aliphatic carbocycles. The fourth-order valence-corrected chi connectivity index (χ4v) is 2.33. The molecule has 0 bridgehead atoms. The standard InChI is InChI=1S/C17H10FN/c18-14-7-5-12(6-8-14)17-11-13-3-1-2-4-15(13)16(17)9-10-19/h1-9,11H/b16-9+. The monoisotopic (exact) mass is 247 g/mol. The van der Waals surface area contributed by atoms with Gasteiger partial charge in [-0.15, -0.1) is 0 Å². The van der Waals surface area contributed by atoms with Crippen LogP contribution in [0.3, 0.4) is 0 Å². The van der Waals surface area contributed by atoms with Crippen molar-refractivity contribution in [1.82, 2.24) is 0 Å². The van der Waals surface area contributed by atoms with Crippen LogP contribution in [0.1, 0.15) is 16.7 Å². The van der Waals surface area contributed by atoms with E-state index in [4.69, 9.17) is 5.26 Å². The summed E-state index contributed by atoms with van der Waals surface area (Å²) >= 11 is 0. The Morgan fingerprint density at radius 3 is 2.47 bits per heavy atom. The van der Waals surface area contributed by atoms with Crippen molar-refractivity contribution in [3.63, 3.8) is 0 Å². The van der Waals surface area contributed by atoms with Crippen LogP contribution in [0.4, 0.5) is 4.39 Å². The molecule has 90 valence electrons. The Balaban J connectivity index is 2.15. The molecule has 1 nitrogen and oxygen atoms in total. The number of fused-ring (bicyclic) bond motifs is 1. The van der Waals surface area contributed by atoms with Crippen molar-refractivity contribution in [3.05, 3.63) is 77.1 Å². The van der Waals surface area contributed by atoms with E-state index in [2.05, 4.69) is 6.07 Å². The van der Waals surface area contributed by atoms with Gasteiger partial charge in [0, 0.05) is 11.6 Å². The molecular weight excluding hydrogens is 237 g/mol. The SMILES string of the molecule is N#C/C=C1/C(c2ccc(F)cc2)=Cc2ccccc21. The summed E-state index contributed by atoms with van der Waals surface area (Å²) in [4.78, 5) is 0. The Hall–Kier alpha value is -2.66. The zero-order valence-electron chi connectivity index (χ0n) is 10.1. The fourth-order valence-electron chi connectivity index (χ4n) is 2.33. The van der Waals surface area contributed by atoms with Gasteiger partial charge in [-0.2, -0.15) is 5.26 Å². The van der Waals surface area contributed by atoms with Crippen LogP contribution in [0.25, 0.3) is 17.2 Å². The van der Waals surface area contributed by atoms with E-state index in [-0.39, 0.29) is 5.82 Å². The Bertz CT molecular complexity index is 731. The molecule has 2 aromatic rings. The lowest BCUT2D eigenvalue weighted by Crippen LogP contribution is -1.86. The van der Waals surface area contributed by atoms with Gasteiger partial charge in [-0.25, -0.2) is 4.39 Å². The molecule has 0 N–H and O–H groups in total. The zero-order valence-corrected chi connectivity index (χ0v) is 10.1. The molecule has 3 rings (SSSR count). The van der Waals surface area contributed by atoms with Crippen molar-refractivity contribution in [3.8, 4) is 6.07 Å². The van der Waals surface area contributed by atoms with E-state index in [1.54, 1.807) is 18.2 Å². The molecule has 0 unspecified atom stereocenters. The quantitative estimate of drug-likeness (QED) is 0.690. The lowest BCUT2D eigenvalue weighted by atomic mass is 9.97. The fraction of sp³-hybridized carbons (Fsp3) is 0. The van der Waals surface area contributed by atoms with Crippen LogP contribution in [0.5, 0.6) is 0 Å². The number of benzene rings is 2. The van der Waals surface area contributed by atoms with E-state index in [1.807, 2.05) is 30.3 Å². The van der Waals surface area contributed by atoms with Gasteiger partial charge in [-0.3, -0.25) is 0 Å². The Kier molecular flexibility index (Phi) is 2.74. The van der Waals surface area contributed by atoms with E-state index in [0.717, 1.165) is 27.8 Å². The second-order valence-corrected chi connectivity index (χ2v) is 4.34. The van der Waals surface area contributed by atoms with Gasteiger partial charge in [0.1, 0.15) is 5.82 Å². The number of rotatable bonds is 1. The summed E-state index contributed by atoms with van der Waals surface area (Å²) in [6.45, 7) is 0. The van der Waals surface area contributed by atoms with Gasteiger partial charge in [0.2, 0.25) is 0 Å². The highest BCUT2D eigenvalue weighted by Gasteiger charge is 2.19. The number of nitrogens with zero attached hydrogens (tertiary/aromatic N) is 1. The summed E-state index contributed by atoms with van der Waals surface area (Å²) in [7, 11) is 0. The van der Waals surface area contributed by atoms with Crippen LogP contribution >= 0.6 is 0 Å². The highest BCUT2D eigenvalue weighted by atomic mass is 19.1. The van der Waals surface area contributed by atoms with Crippen molar-refractivity contribution in [2.24, 2.45) is 0 Å². The average Bonchev–Trinajstić information content (AvgIpc) is 2.79. The van der Waals surface area contributed by atoms with E-state index < -0.39 is 0 Å². The molecule has 0 radical (unpaired) electrons. The maximum Gasteiger partial charge on any atom is 0.123 e. The highest BCUT2D eigenvalue weighted by molar-refractivity contribution is 6.17. The minimum atomic E-state index is -0.259. The number of hydrogen-bond acceptors (Lipinski definition) is 1. The number of allylic oxidation sites excluding steroid dienone is 3. The van der Waals surface area contributed by atoms with Crippen LogP contribution in [-0.4, -0.2) is 0 Å². The molecule has 0 saturated carbocycles. The third-order valence-electron chi connectivity index (χ3n) is 3.21. The topological polar surface area (TPSA) is 23.8 Å². The minimum absolute atomic E-state index is 0.259. The highest BCUT2D eigenvalue weighted by Crippen LogP contribution is 2.40. The summed E-state index contributed by atoms with van der Waals surface area (Å²) in [5.41, 5.74) is 4.90. The third-order valence-corrected chi connectivity index (χ3v) is 3.21. The van der Waals surface area contributed by atoms with E-state index in [9.17, 15) is 4.39 Å². The lowest BCUT2D eigenvalue weighted by molar-refractivity contribution is 0.627. The first-order chi connectivity index (χ1) is 9.29. The molecule has 0 aromatic heterocycles. The van der Waals surface area contributed by atoms with Crippen molar-refractivity contribution in [1.29, 1.82) is 5.26 Å². The second kappa shape index (κ2) is 4.55. The first-order valence-electron chi connectivity index (χ1n) is 5.97. The molecule has 0 aliphatic heterocycles. The first-order valence-corrected chi connectivity index (χ1v) is 5.97. The lowest BCUT2D eigenvalue weighted by Gasteiger charge is -2.06. The van der Waals surface area contributed by atoms with Gasteiger partial charge in [-0.1, -0.05) is 36.4 Å². The summed E-state index contributed by atoms with van der Waals surface area (Å²) in [5, 5.41) is 8.95. The maximum atomic E-state index is 13.0. The molecule has 0 atom stereocenters. The molecule has 0 spiro atoms. The average molecular weight is 247 g/mol. The van der Waals surface area contributed by atoms with Gasteiger partial charge in [0.25, 0.3) is 0 Å². The van der Waals surface area contributed by atoms with Crippen molar-refractivity contribution < 1.29 is 4.39 Å². The van der Waals surface area contributed by atoms with Gasteiger partial charge < -0.3 is 0 Å². The van der Waals surface area contributed by atoms with Gasteiger partial charge in [0.05, 0.1) is 6.07 Å².